The molecule has 0 bridgehead atoms. The lowest BCUT2D eigenvalue weighted by Gasteiger charge is -2.26. The van der Waals surface area contributed by atoms with Crippen molar-refractivity contribution in [3.8, 4) is 0 Å². The molecule has 1 aliphatic rings. The van der Waals surface area contributed by atoms with Crippen LogP contribution in [0.15, 0.2) is 24.3 Å². The lowest BCUT2D eigenvalue weighted by atomic mass is 10.1. The number of benzene rings is 1. The van der Waals surface area contributed by atoms with Crippen LogP contribution in [-0.2, 0) is 10.9 Å². The lowest BCUT2D eigenvalue weighted by Crippen LogP contribution is -2.48. The van der Waals surface area contributed by atoms with Crippen molar-refractivity contribution in [2.75, 3.05) is 13.2 Å². The van der Waals surface area contributed by atoms with Gasteiger partial charge in [-0.3, -0.25) is 4.79 Å². The Morgan fingerprint density at radius 3 is 2.24 bits per heavy atom. The first-order valence-corrected chi connectivity index (χ1v) is 5.02. The van der Waals surface area contributed by atoms with Gasteiger partial charge in [0.05, 0.1) is 24.8 Å². The third-order valence-corrected chi connectivity index (χ3v) is 2.45. The highest BCUT2D eigenvalue weighted by Crippen LogP contribution is 2.29. The number of alkyl halides is 3. The van der Waals surface area contributed by atoms with E-state index in [9.17, 15) is 18.0 Å². The molecule has 2 rings (SSSR count). The summed E-state index contributed by atoms with van der Waals surface area (Å²) in [5, 5.41) is 2.65. The maximum atomic E-state index is 12.3. The Morgan fingerprint density at radius 2 is 1.82 bits per heavy atom. The van der Waals surface area contributed by atoms with Gasteiger partial charge in [-0.15, -0.1) is 0 Å². The minimum atomic E-state index is -4.38. The van der Waals surface area contributed by atoms with E-state index in [0.717, 1.165) is 24.3 Å². The molecular weight excluding hydrogens is 235 g/mol. The molecule has 1 N–H and O–H groups in total. The number of nitrogens with one attached hydrogen (secondary N) is 1. The molecule has 1 aromatic rings. The van der Waals surface area contributed by atoms with Crippen molar-refractivity contribution in [2.24, 2.45) is 0 Å². The molecule has 1 heterocycles. The smallest absolute Gasteiger partial charge is 0.377 e. The third kappa shape index (κ3) is 2.76. The maximum absolute atomic E-state index is 12.3. The van der Waals surface area contributed by atoms with Crippen LogP contribution in [0.4, 0.5) is 13.2 Å². The molecule has 0 aliphatic carbocycles. The Morgan fingerprint density at radius 1 is 1.24 bits per heavy atom. The second-order valence-corrected chi connectivity index (χ2v) is 3.78. The predicted molar refractivity (Wildman–Crippen MR) is 53.5 cm³/mol. The van der Waals surface area contributed by atoms with Crippen molar-refractivity contribution < 1.29 is 22.7 Å². The molecule has 0 unspecified atom stereocenters. The van der Waals surface area contributed by atoms with Gasteiger partial charge in [0.1, 0.15) is 0 Å². The van der Waals surface area contributed by atoms with Crippen LogP contribution in [0.3, 0.4) is 0 Å². The Bertz CT molecular complexity index is 410. The van der Waals surface area contributed by atoms with Gasteiger partial charge in [-0.25, -0.2) is 0 Å². The largest absolute Gasteiger partial charge is 0.416 e. The first-order chi connectivity index (χ1) is 7.97. The molecule has 0 aromatic heterocycles. The predicted octanol–water partition coefficient (Wildman–Crippen LogP) is 1.83. The van der Waals surface area contributed by atoms with E-state index in [4.69, 9.17) is 4.74 Å². The zero-order chi connectivity index (χ0) is 12.5. The standard InChI is InChI=1S/C11H10F3NO2/c12-11(13,14)8-3-1-7(2-4-8)10(16)15-9-5-17-6-9/h1-4,9H,5-6H2,(H,15,16). The van der Waals surface area contributed by atoms with Crippen molar-refractivity contribution in [3.63, 3.8) is 0 Å². The summed E-state index contributed by atoms with van der Waals surface area (Å²) in [5.74, 6) is -0.382. The van der Waals surface area contributed by atoms with E-state index < -0.39 is 11.7 Å². The first-order valence-electron chi connectivity index (χ1n) is 5.02. The summed E-state index contributed by atoms with van der Waals surface area (Å²) in [6.45, 7) is 0.902. The summed E-state index contributed by atoms with van der Waals surface area (Å²) in [6, 6.07) is 4.08. The van der Waals surface area contributed by atoms with E-state index in [1.54, 1.807) is 0 Å². The van der Waals surface area contributed by atoms with E-state index in [0.29, 0.717) is 13.2 Å². The normalized spacial score (nSPS) is 16.4. The molecule has 92 valence electrons. The van der Waals surface area contributed by atoms with E-state index in [1.807, 2.05) is 0 Å². The molecule has 6 heteroatoms. The molecule has 3 nitrogen and oxygen atoms in total. The Kier molecular flexibility index (Phi) is 3.06. The zero-order valence-electron chi connectivity index (χ0n) is 8.75. The van der Waals surface area contributed by atoms with Gasteiger partial charge in [-0.1, -0.05) is 0 Å². The Hall–Kier alpha value is -1.56. The van der Waals surface area contributed by atoms with Crippen LogP contribution in [0, 0.1) is 0 Å². The van der Waals surface area contributed by atoms with Gasteiger partial charge >= 0.3 is 6.18 Å². The molecule has 17 heavy (non-hydrogen) atoms. The van der Waals surface area contributed by atoms with Crippen molar-refractivity contribution in [1.82, 2.24) is 5.32 Å². The van der Waals surface area contributed by atoms with Gasteiger partial charge in [0.25, 0.3) is 5.91 Å². The Balaban J connectivity index is 2.04. The number of halogens is 3. The van der Waals surface area contributed by atoms with E-state index in [1.165, 1.54) is 0 Å². The number of ether oxygens (including phenoxy) is 1. The number of carbonyl (C=O) groups excluding carboxylic acids is 1. The van der Waals surface area contributed by atoms with Crippen molar-refractivity contribution in [2.45, 2.75) is 12.2 Å². The average molecular weight is 245 g/mol. The number of amides is 1. The van der Waals surface area contributed by atoms with Gasteiger partial charge in [0.15, 0.2) is 0 Å². The van der Waals surface area contributed by atoms with Gasteiger partial charge in [0.2, 0.25) is 0 Å². The minimum absolute atomic E-state index is 0.0372. The van der Waals surface area contributed by atoms with Crippen LogP contribution in [-0.4, -0.2) is 25.2 Å². The van der Waals surface area contributed by atoms with Gasteiger partial charge in [-0.05, 0) is 24.3 Å². The van der Waals surface area contributed by atoms with E-state index >= 15 is 0 Å². The molecule has 1 fully saturated rings. The molecule has 1 amide bonds. The molecule has 0 spiro atoms. The molecule has 0 atom stereocenters. The van der Waals surface area contributed by atoms with Crippen molar-refractivity contribution in [1.29, 1.82) is 0 Å². The minimum Gasteiger partial charge on any atom is -0.377 e. The summed E-state index contributed by atoms with van der Waals surface area (Å²) >= 11 is 0. The fraction of sp³-hybridized carbons (Fsp3) is 0.364. The van der Waals surface area contributed by atoms with Crippen molar-refractivity contribution in [3.05, 3.63) is 35.4 Å². The van der Waals surface area contributed by atoms with Gasteiger partial charge in [-0.2, -0.15) is 13.2 Å². The maximum Gasteiger partial charge on any atom is 0.416 e. The first kappa shape index (κ1) is 11.9. The summed E-state index contributed by atoms with van der Waals surface area (Å²) in [4.78, 5) is 11.6. The number of rotatable bonds is 2. The summed E-state index contributed by atoms with van der Waals surface area (Å²) in [7, 11) is 0. The van der Waals surface area contributed by atoms with E-state index in [2.05, 4.69) is 5.32 Å². The SMILES string of the molecule is O=C(NC1COC1)c1ccc(C(F)(F)F)cc1. The number of hydrogen-bond acceptors (Lipinski definition) is 2. The fourth-order valence-electron chi connectivity index (χ4n) is 1.40. The van der Waals surface area contributed by atoms with Crippen molar-refractivity contribution >= 4 is 5.91 Å². The van der Waals surface area contributed by atoms with E-state index in [-0.39, 0.29) is 17.5 Å². The molecule has 0 saturated carbocycles. The zero-order valence-corrected chi connectivity index (χ0v) is 8.75. The van der Waals surface area contributed by atoms with Crippen LogP contribution in [0.5, 0.6) is 0 Å². The monoisotopic (exact) mass is 245 g/mol. The third-order valence-electron chi connectivity index (χ3n) is 2.45. The lowest BCUT2D eigenvalue weighted by molar-refractivity contribution is -0.137. The highest BCUT2D eigenvalue weighted by molar-refractivity contribution is 5.94. The second kappa shape index (κ2) is 4.37. The van der Waals surface area contributed by atoms with Gasteiger partial charge in [0, 0.05) is 5.56 Å². The number of carbonyl (C=O) groups is 1. The van der Waals surface area contributed by atoms with Crippen LogP contribution in [0.1, 0.15) is 15.9 Å². The summed E-state index contributed by atoms with van der Waals surface area (Å²) < 4.78 is 41.7. The quantitative estimate of drug-likeness (QED) is 0.863. The molecule has 1 saturated heterocycles. The van der Waals surface area contributed by atoms with Crippen LogP contribution in [0.25, 0.3) is 0 Å². The van der Waals surface area contributed by atoms with Crippen LogP contribution in [0.2, 0.25) is 0 Å². The molecule has 0 radical (unpaired) electrons. The Labute approximate surface area is 95.6 Å². The topological polar surface area (TPSA) is 38.3 Å². The van der Waals surface area contributed by atoms with Crippen LogP contribution >= 0.6 is 0 Å². The highest BCUT2D eigenvalue weighted by atomic mass is 19.4. The molecule has 1 aliphatic heterocycles. The molecular formula is C11H10F3NO2. The summed E-state index contributed by atoms with van der Waals surface area (Å²) in [6.07, 6.45) is -4.38. The van der Waals surface area contributed by atoms with Gasteiger partial charge < -0.3 is 10.1 Å². The summed E-state index contributed by atoms with van der Waals surface area (Å²) in [5.41, 5.74) is -0.550. The number of hydrogen-bond donors (Lipinski definition) is 1. The fourth-order valence-corrected chi connectivity index (χ4v) is 1.40. The average Bonchev–Trinajstić information content (AvgIpc) is 2.22. The second-order valence-electron chi connectivity index (χ2n) is 3.78. The highest BCUT2D eigenvalue weighted by Gasteiger charge is 2.30. The molecule has 1 aromatic carbocycles. The van der Waals surface area contributed by atoms with Crippen LogP contribution < -0.4 is 5.32 Å².